The first-order valence-electron chi connectivity index (χ1n) is 6.28. The van der Waals surface area contributed by atoms with Gasteiger partial charge in [0.05, 0.1) is 5.69 Å². The van der Waals surface area contributed by atoms with E-state index in [9.17, 15) is 13.2 Å². The third-order valence-corrected chi connectivity index (χ3v) is 5.95. The number of rotatable bonds is 5. The van der Waals surface area contributed by atoms with Gasteiger partial charge in [-0.1, -0.05) is 12.1 Å². The number of hydrogen-bond acceptors (Lipinski definition) is 4. The van der Waals surface area contributed by atoms with Crippen LogP contribution in [0.1, 0.15) is 22.2 Å². The molecule has 1 heterocycles. The lowest BCUT2D eigenvalue weighted by Crippen LogP contribution is -2.31. The lowest BCUT2D eigenvalue weighted by molar-refractivity contribution is 0.0698. The molecule has 0 saturated carbocycles. The maximum Gasteiger partial charge on any atom is 0.347 e. The molecule has 0 aliphatic carbocycles. The summed E-state index contributed by atoms with van der Waals surface area (Å²) in [6, 6.07) is 8.43. The minimum Gasteiger partial charge on any atom is -0.477 e. The molecule has 0 fully saturated rings. The molecule has 0 atom stereocenters. The van der Waals surface area contributed by atoms with Gasteiger partial charge in [0.15, 0.2) is 0 Å². The number of benzene rings is 1. The van der Waals surface area contributed by atoms with Gasteiger partial charge in [-0.2, -0.15) is 0 Å². The molecule has 0 aliphatic heterocycles. The number of sulfonamides is 1. The highest BCUT2D eigenvalue weighted by Crippen LogP contribution is 2.29. The smallest absolute Gasteiger partial charge is 0.347 e. The molecular formula is C14H15NO4S2. The van der Waals surface area contributed by atoms with Gasteiger partial charge in [0.25, 0.3) is 10.0 Å². The number of carboxylic acid groups (broad SMARTS) is 1. The maximum atomic E-state index is 12.7. The van der Waals surface area contributed by atoms with Gasteiger partial charge in [-0.05, 0) is 43.0 Å². The Bertz CT molecular complexity index is 765. The maximum absolute atomic E-state index is 12.7. The fourth-order valence-electron chi connectivity index (χ4n) is 2.05. The van der Waals surface area contributed by atoms with E-state index in [4.69, 9.17) is 5.11 Å². The fourth-order valence-corrected chi connectivity index (χ4v) is 4.75. The van der Waals surface area contributed by atoms with Crippen LogP contribution in [0.25, 0.3) is 0 Å². The average molecular weight is 325 g/mol. The van der Waals surface area contributed by atoms with Gasteiger partial charge in [0.2, 0.25) is 0 Å². The molecule has 2 rings (SSSR count). The molecule has 2 aromatic rings. The number of anilines is 1. The van der Waals surface area contributed by atoms with Crippen LogP contribution in [0.4, 0.5) is 5.69 Å². The van der Waals surface area contributed by atoms with Gasteiger partial charge in [0, 0.05) is 6.54 Å². The third-order valence-electron chi connectivity index (χ3n) is 2.97. The average Bonchev–Trinajstić information content (AvgIpc) is 2.89. The first-order valence-corrected chi connectivity index (χ1v) is 8.60. The van der Waals surface area contributed by atoms with Gasteiger partial charge < -0.3 is 5.11 Å². The fraction of sp³-hybridized carbons (Fsp3) is 0.214. The predicted molar refractivity (Wildman–Crippen MR) is 82.7 cm³/mol. The Balaban J connectivity index is 2.55. The number of hydrogen-bond donors (Lipinski definition) is 1. The van der Waals surface area contributed by atoms with Crippen LogP contribution in [0.5, 0.6) is 0 Å². The van der Waals surface area contributed by atoms with Crippen LogP contribution >= 0.6 is 11.3 Å². The van der Waals surface area contributed by atoms with E-state index in [-0.39, 0.29) is 16.3 Å². The van der Waals surface area contributed by atoms with Gasteiger partial charge in [0.1, 0.15) is 9.77 Å². The predicted octanol–water partition coefficient (Wildman–Crippen LogP) is 2.97. The van der Waals surface area contributed by atoms with Crippen LogP contribution in [0.2, 0.25) is 0 Å². The molecule has 5 nitrogen and oxygen atoms in total. The van der Waals surface area contributed by atoms with E-state index in [1.54, 1.807) is 25.1 Å². The molecule has 0 unspecified atom stereocenters. The zero-order valence-electron chi connectivity index (χ0n) is 11.6. The summed E-state index contributed by atoms with van der Waals surface area (Å²) in [5, 5.41) is 10.6. The summed E-state index contributed by atoms with van der Waals surface area (Å²) in [6.07, 6.45) is 0. The summed E-state index contributed by atoms with van der Waals surface area (Å²) in [5.74, 6) is -1.23. The molecule has 0 aliphatic rings. The summed E-state index contributed by atoms with van der Waals surface area (Å²) in [5.41, 5.74) is 1.46. The van der Waals surface area contributed by atoms with E-state index in [1.807, 2.05) is 13.0 Å². The number of aryl methyl sites for hydroxylation is 1. The Morgan fingerprint density at radius 1 is 1.33 bits per heavy atom. The summed E-state index contributed by atoms with van der Waals surface area (Å²) in [6.45, 7) is 3.81. The summed E-state index contributed by atoms with van der Waals surface area (Å²) < 4.78 is 26.7. The monoisotopic (exact) mass is 325 g/mol. The van der Waals surface area contributed by atoms with E-state index >= 15 is 0 Å². The standard InChI is InChI=1S/C14H15NO4S2/c1-3-15(11-6-4-5-10(2)9-11)21(18,19)12-7-8-20-13(12)14(16)17/h4-9H,3H2,1-2H3,(H,16,17). The number of thiophene rings is 1. The molecule has 0 spiro atoms. The van der Waals surface area contributed by atoms with Gasteiger partial charge >= 0.3 is 5.97 Å². The van der Waals surface area contributed by atoms with E-state index in [1.165, 1.54) is 15.8 Å². The van der Waals surface area contributed by atoms with Crippen molar-refractivity contribution >= 4 is 33.0 Å². The Labute approximate surface area is 127 Å². The molecule has 1 N–H and O–H groups in total. The van der Waals surface area contributed by atoms with Crippen molar-refractivity contribution in [3.05, 3.63) is 46.2 Å². The zero-order valence-corrected chi connectivity index (χ0v) is 13.2. The first kappa shape index (κ1) is 15.5. The lowest BCUT2D eigenvalue weighted by Gasteiger charge is -2.23. The number of nitrogens with zero attached hydrogens (tertiary/aromatic N) is 1. The molecule has 1 aromatic heterocycles. The summed E-state index contributed by atoms with van der Waals surface area (Å²) in [4.78, 5) is 10.8. The molecule has 0 bridgehead atoms. The minimum atomic E-state index is -3.89. The zero-order chi connectivity index (χ0) is 15.6. The highest BCUT2D eigenvalue weighted by molar-refractivity contribution is 7.93. The SMILES string of the molecule is CCN(c1cccc(C)c1)S(=O)(=O)c1ccsc1C(=O)O. The first-order chi connectivity index (χ1) is 9.87. The minimum absolute atomic E-state index is 0.164. The third kappa shape index (κ3) is 2.93. The second-order valence-electron chi connectivity index (χ2n) is 4.43. The van der Waals surface area contributed by atoms with E-state index in [0.717, 1.165) is 16.9 Å². The molecule has 0 radical (unpaired) electrons. The normalized spacial score (nSPS) is 11.3. The largest absolute Gasteiger partial charge is 0.477 e. The molecule has 0 amide bonds. The second kappa shape index (κ2) is 5.87. The van der Waals surface area contributed by atoms with Crippen LogP contribution < -0.4 is 4.31 Å². The quantitative estimate of drug-likeness (QED) is 0.917. The molecule has 0 saturated heterocycles. The highest BCUT2D eigenvalue weighted by atomic mass is 32.2. The molecule has 112 valence electrons. The van der Waals surface area contributed by atoms with Crippen molar-refractivity contribution in [1.29, 1.82) is 0 Å². The number of carbonyl (C=O) groups is 1. The lowest BCUT2D eigenvalue weighted by atomic mass is 10.2. The van der Waals surface area contributed by atoms with Gasteiger partial charge in [-0.15, -0.1) is 11.3 Å². The van der Waals surface area contributed by atoms with Crippen LogP contribution in [0.3, 0.4) is 0 Å². The van der Waals surface area contributed by atoms with Crippen molar-refractivity contribution in [1.82, 2.24) is 0 Å². The number of aromatic carboxylic acids is 1. The van der Waals surface area contributed by atoms with Crippen molar-refractivity contribution in [2.45, 2.75) is 18.7 Å². The highest BCUT2D eigenvalue weighted by Gasteiger charge is 2.29. The second-order valence-corrected chi connectivity index (χ2v) is 7.17. The Hall–Kier alpha value is -1.86. The van der Waals surface area contributed by atoms with E-state index in [0.29, 0.717) is 5.69 Å². The van der Waals surface area contributed by atoms with E-state index in [2.05, 4.69) is 0 Å². The molecule has 1 aromatic carbocycles. The van der Waals surface area contributed by atoms with Crippen molar-refractivity contribution in [2.75, 3.05) is 10.8 Å². The van der Waals surface area contributed by atoms with Crippen molar-refractivity contribution in [2.24, 2.45) is 0 Å². The van der Waals surface area contributed by atoms with Gasteiger partial charge in [-0.3, -0.25) is 4.31 Å². The van der Waals surface area contributed by atoms with E-state index < -0.39 is 16.0 Å². The van der Waals surface area contributed by atoms with Gasteiger partial charge in [-0.25, -0.2) is 13.2 Å². The molecule has 7 heteroatoms. The Morgan fingerprint density at radius 2 is 2.05 bits per heavy atom. The van der Waals surface area contributed by atoms with Crippen LogP contribution in [0.15, 0.2) is 40.6 Å². The van der Waals surface area contributed by atoms with Crippen molar-refractivity contribution in [3.8, 4) is 0 Å². The van der Waals surface area contributed by atoms with Crippen LogP contribution in [-0.2, 0) is 10.0 Å². The van der Waals surface area contributed by atoms with Crippen molar-refractivity contribution in [3.63, 3.8) is 0 Å². The van der Waals surface area contributed by atoms with Crippen molar-refractivity contribution < 1.29 is 18.3 Å². The summed E-state index contributed by atoms with van der Waals surface area (Å²) in [7, 11) is -3.89. The van der Waals surface area contributed by atoms with Crippen LogP contribution in [-0.4, -0.2) is 26.0 Å². The summed E-state index contributed by atoms with van der Waals surface area (Å²) >= 11 is 0.905. The number of carboxylic acids is 1. The van der Waals surface area contributed by atoms with Crippen LogP contribution in [0, 0.1) is 6.92 Å². The Kier molecular flexibility index (Phi) is 4.34. The molecular weight excluding hydrogens is 310 g/mol. The topological polar surface area (TPSA) is 74.7 Å². The Morgan fingerprint density at radius 3 is 2.62 bits per heavy atom. The molecule has 21 heavy (non-hydrogen) atoms.